The van der Waals surface area contributed by atoms with Gasteiger partial charge in [0.15, 0.2) is 0 Å². The Labute approximate surface area is 87.9 Å². The van der Waals surface area contributed by atoms with Gasteiger partial charge >= 0.3 is 6.18 Å². The van der Waals surface area contributed by atoms with Crippen LogP contribution in [0.5, 0.6) is 0 Å². The summed E-state index contributed by atoms with van der Waals surface area (Å²) in [6.45, 7) is 0.203. The molecule has 2 nitrogen and oxygen atoms in total. The SMILES string of the molecule is O=C(CBr)N1CC=C(C(F)(F)F)CC1. The van der Waals surface area contributed by atoms with E-state index in [1.807, 2.05) is 0 Å². The van der Waals surface area contributed by atoms with Crippen molar-refractivity contribution >= 4 is 21.8 Å². The molecule has 14 heavy (non-hydrogen) atoms. The summed E-state index contributed by atoms with van der Waals surface area (Å²) < 4.78 is 36.5. The molecule has 6 heteroatoms. The molecule has 1 amide bonds. The van der Waals surface area contributed by atoms with Gasteiger partial charge in [0, 0.05) is 18.7 Å². The Hall–Kier alpha value is -0.520. The van der Waals surface area contributed by atoms with Crippen LogP contribution in [0, 0.1) is 0 Å². The van der Waals surface area contributed by atoms with E-state index >= 15 is 0 Å². The second kappa shape index (κ2) is 4.33. The maximum absolute atomic E-state index is 12.2. The lowest BCUT2D eigenvalue weighted by Crippen LogP contribution is -2.37. The van der Waals surface area contributed by atoms with Crippen molar-refractivity contribution in [3.8, 4) is 0 Å². The fourth-order valence-electron chi connectivity index (χ4n) is 1.24. The highest BCUT2D eigenvalue weighted by molar-refractivity contribution is 9.09. The molecule has 0 radical (unpaired) electrons. The molecule has 0 N–H and O–H groups in total. The van der Waals surface area contributed by atoms with E-state index in [9.17, 15) is 18.0 Å². The van der Waals surface area contributed by atoms with Gasteiger partial charge in [-0.15, -0.1) is 0 Å². The van der Waals surface area contributed by atoms with Gasteiger partial charge < -0.3 is 4.90 Å². The van der Waals surface area contributed by atoms with Crippen LogP contribution in [-0.4, -0.2) is 35.4 Å². The molecule has 0 saturated carbocycles. The Bertz CT molecular complexity index is 262. The van der Waals surface area contributed by atoms with Crippen LogP contribution in [0.4, 0.5) is 13.2 Å². The first-order valence-corrected chi connectivity index (χ1v) is 5.17. The molecule has 0 fully saturated rings. The average molecular weight is 272 g/mol. The van der Waals surface area contributed by atoms with E-state index in [4.69, 9.17) is 0 Å². The average Bonchev–Trinajstić information content (AvgIpc) is 2.15. The van der Waals surface area contributed by atoms with Crippen molar-refractivity contribution in [2.75, 3.05) is 18.4 Å². The van der Waals surface area contributed by atoms with Gasteiger partial charge in [-0.1, -0.05) is 22.0 Å². The van der Waals surface area contributed by atoms with Gasteiger partial charge in [-0.3, -0.25) is 4.79 Å². The van der Waals surface area contributed by atoms with E-state index in [0.29, 0.717) is 0 Å². The molecule has 0 aromatic carbocycles. The normalized spacial score (nSPS) is 18.0. The quantitative estimate of drug-likeness (QED) is 0.528. The molecule has 0 saturated heterocycles. The lowest BCUT2D eigenvalue weighted by atomic mass is 10.1. The third-order valence-electron chi connectivity index (χ3n) is 2.04. The number of halogens is 4. The third-order valence-corrected chi connectivity index (χ3v) is 2.52. The molecule has 1 aliphatic rings. The number of hydrogen-bond acceptors (Lipinski definition) is 1. The number of carbonyl (C=O) groups is 1. The lowest BCUT2D eigenvalue weighted by Gasteiger charge is -2.26. The Morgan fingerprint density at radius 3 is 2.57 bits per heavy atom. The van der Waals surface area contributed by atoms with Gasteiger partial charge in [0.1, 0.15) is 0 Å². The topological polar surface area (TPSA) is 20.3 Å². The monoisotopic (exact) mass is 271 g/mol. The number of rotatable bonds is 1. The van der Waals surface area contributed by atoms with Crippen LogP contribution in [0.25, 0.3) is 0 Å². The second-order valence-electron chi connectivity index (χ2n) is 2.95. The van der Waals surface area contributed by atoms with Gasteiger partial charge in [0.25, 0.3) is 0 Å². The highest BCUT2D eigenvalue weighted by Crippen LogP contribution is 2.30. The molecule has 0 aliphatic carbocycles. The van der Waals surface area contributed by atoms with E-state index in [0.717, 1.165) is 6.08 Å². The van der Waals surface area contributed by atoms with Crippen LogP contribution >= 0.6 is 15.9 Å². The highest BCUT2D eigenvalue weighted by atomic mass is 79.9. The molecule has 0 aromatic heterocycles. The summed E-state index contributed by atoms with van der Waals surface area (Å²) in [5, 5.41) is 0.155. The van der Waals surface area contributed by atoms with Crippen LogP contribution < -0.4 is 0 Å². The summed E-state index contributed by atoms with van der Waals surface area (Å²) in [6, 6.07) is 0. The molecule has 80 valence electrons. The number of nitrogens with zero attached hydrogens (tertiary/aromatic N) is 1. The largest absolute Gasteiger partial charge is 0.412 e. The van der Waals surface area contributed by atoms with Crippen molar-refractivity contribution in [2.24, 2.45) is 0 Å². The fourth-order valence-corrected chi connectivity index (χ4v) is 1.59. The molecule has 0 bridgehead atoms. The van der Waals surface area contributed by atoms with E-state index in [-0.39, 0.29) is 30.7 Å². The molecule has 1 rings (SSSR count). The Balaban J connectivity index is 2.60. The number of carbonyl (C=O) groups excluding carboxylic acids is 1. The lowest BCUT2D eigenvalue weighted by molar-refractivity contribution is -0.129. The smallest absolute Gasteiger partial charge is 0.338 e. The van der Waals surface area contributed by atoms with E-state index in [1.54, 1.807) is 0 Å². The van der Waals surface area contributed by atoms with Gasteiger partial charge in [0.05, 0.1) is 5.33 Å². The summed E-state index contributed by atoms with van der Waals surface area (Å²) >= 11 is 2.97. The second-order valence-corrected chi connectivity index (χ2v) is 3.51. The molecule has 0 atom stereocenters. The van der Waals surface area contributed by atoms with Crippen molar-refractivity contribution in [3.63, 3.8) is 0 Å². The zero-order valence-electron chi connectivity index (χ0n) is 7.27. The van der Waals surface area contributed by atoms with Gasteiger partial charge in [-0.05, 0) is 6.42 Å². The Kier molecular flexibility index (Phi) is 3.58. The molecule has 1 heterocycles. The predicted molar refractivity (Wildman–Crippen MR) is 49.1 cm³/mol. The zero-order valence-corrected chi connectivity index (χ0v) is 8.86. The van der Waals surface area contributed by atoms with Crippen molar-refractivity contribution in [1.82, 2.24) is 4.90 Å². The maximum Gasteiger partial charge on any atom is 0.412 e. The maximum atomic E-state index is 12.2. The van der Waals surface area contributed by atoms with Gasteiger partial charge in [0.2, 0.25) is 5.91 Å². The van der Waals surface area contributed by atoms with Crippen LogP contribution in [0.2, 0.25) is 0 Å². The van der Waals surface area contributed by atoms with Crippen molar-refractivity contribution in [2.45, 2.75) is 12.6 Å². The minimum absolute atomic E-state index is 0.0548. The summed E-state index contributed by atoms with van der Waals surface area (Å²) in [4.78, 5) is 12.5. The first-order valence-electron chi connectivity index (χ1n) is 4.05. The van der Waals surface area contributed by atoms with Crippen molar-refractivity contribution in [3.05, 3.63) is 11.6 Å². The van der Waals surface area contributed by atoms with Gasteiger partial charge in [-0.25, -0.2) is 0 Å². The van der Waals surface area contributed by atoms with Gasteiger partial charge in [-0.2, -0.15) is 13.2 Å². The molecule has 1 aliphatic heterocycles. The Morgan fingerprint density at radius 2 is 2.21 bits per heavy atom. The van der Waals surface area contributed by atoms with Crippen LogP contribution in [-0.2, 0) is 4.79 Å². The summed E-state index contributed by atoms with van der Waals surface area (Å²) in [7, 11) is 0. The summed E-state index contributed by atoms with van der Waals surface area (Å²) in [6.07, 6.45) is -3.28. The minimum atomic E-state index is -4.25. The molecule has 0 spiro atoms. The van der Waals surface area contributed by atoms with Crippen molar-refractivity contribution in [1.29, 1.82) is 0 Å². The predicted octanol–water partition coefficient (Wildman–Crippen LogP) is 2.10. The summed E-state index contributed by atoms with van der Waals surface area (Å²) in [5.41, 5.74) is -0.531. The molecular weight excluding hydrogens is 263 g/mol. The Morgan fingerprint density at radius 1 is 1.57 bits per heavy atom. The van der Waals surface area contributed by atoms with Crippen LogP contribution in [0.3, 0.4) is 0 Å². The number of amides is 1. The highest BCUT2D eigenvalue weighted by Gasteiger charge is 2.35. The molecule has 0 unspecified atom stereocenters. The fraction of sp³-hybridized carbons (Fsp3) is 0.625. The molecule has 0 aromatic rings. The first-order chi connectivity index (χ1) is 6.45. The van der Waals surface area contributed by atoms with Crippen LogP contribution in [0.15, 0.2) is 11.6 Å². The molecular formula is C8H9BrF3NO. The van der Waals surface area contributed by atoms with Crippen molar-refractivity contribution < 1.29 is 18.0 Å². The van der Waals surface area contributed by atoms with E-state index in [2.05, 4.69) is 15.9 Å². The third kappa shape index (κ3) is 2.73. The first kappa shape index (κ1) is 11.6. The standard InChI is InChI=1S/C8H9BrF3NO/c9-5-7(14)13-3-1-6(2-4-13)8(10,11)12/h1H,2-5H2. The minimum Gasteiger partial charge on any atom is -0.338 e. The number of alkyl halides is 4. The van der Waals surface area contributed by atoms with Crippen LogP contribution in [0.1, 0.15) is 6.42 Å². The number of hydrogen-bond donors (Lipinski definition) is 0. The zero-order chi connectivity index (χ0) is 10.8. The van der Waals surface area contributed by atoms with E-state index in [1.165, 1.54) is 4.90 Å². The van der Waals surface area contributed by atoms with E-state index < -0.39 is 11.7 Å². The summed E-state index contributed by atoms with van der Waals surface area (Å²) in [5.74, 6) is -0.178.